The lowest BCUT2D eigenvalue weighted by atomic mass is 10.1. The number of aliphatic imine (C=N–C) groups is 1. The summed E-state index contributed by atoms with van der Waals surface area (Å²) >= 11 is 0. The second-order valence-corrected chi connectivity index (χ2v) is 5.26. The third kappa shape index (κ3) is 2.94. The van der Waals surface area contributed by atoms with E-state index in [-0.39, 0.29) is 19.3 Å². The van der Waals surface area contributed by atoms with Crippen LogP contribution in [0.3, 0.4) is 0 Å². The number of nitrogens with one attached hydrogen (secondary N) is 1. The van der Waals surface area contributed by atoms with Gasteiger partial charge >= 0.3 is 0 Å². The van der Waals surface area contributed by atoms with Crippen molar-refractivity contribution in [1.29, 1.82) is 0 Å². The van der Waals surface area contributed by atoms with E-state index in [1.165, 1.54) is 0 Å². The van der Waals surface area contributed by atoms with Gasteiger partial charge in [0.25, 0.3) is 5.91 Å². The van der Waals surface area contributed by atoms with Crippen LogP contribution in [-0.2, 0) is 4.79 Å². The molecule has 6 heteroatoms. The van der Waals surface area contributed by atoms with Crippen molar-refractivity contribution in [1.82, 2.24) is 5.32 Å². The Kier molecular flexibility index (Phi) is 3.63. The molecule has 1 N–H and O–H groups in total. The molecule has 0 atom stereocenters. The molecule has 0 aliphatic carbocycles. The van der Waals surface area contributed by atoms with E-state index in [0.717, 1.165) is 11.3 Å². The van der Waals surface area contributed by atoms with Crippen LogP contribution in [0.1, 0.15) is 5.56 Å². The van der Waals surface area contributed by atoms with Crippen LogP contribution in [0, 0.1) is 0 Å². The van der Waals surface area contributed by atoms with Crippen LogP contribution in [0.25, 0.3) is 6.08 Å². The Morgan fingerprint density at radius 3 is 2.83 bits per heavy atom. The fourth-order valence-electron chi connectivity index (χ4n) is 2.41. The van der Waals surface area contributed by atoms with Gasteiger partial charge in [-0.2, -0.15) is 0 Å². The third-order valence-electron chi connectivity index (χ3n) is 3.56. The number of carbonyl (C=O) groups excluding carboxylic acids is 1. The summed E-state index contributed by atoms with van der Waals surface area (Å²) in [6.45, 7) is 0.420. The van der Waals surface area contributed by atoms with Crippen molar-refractivity contribution < 1.29 is 19.0 Å². The highest BCUT2D eigenvalue weighted by Gasteiger charge is 2.21. The van der Waals surface area contributed by atoms with E-state index in [9.17, 15) is 4.79 Å². The Bertz CT molecular complexity index is 843. The molecule has 0 saturated carbocycles. The molecule has 6 nitrogen and oxygen atoms in total. The van der Waals surface area contributed by atoms with Gasteiger partial charge in [-0.05, 0) is 35.9 Å². The number of nitrogens with zero attached hydrogens (tertiary/aromatic N) is 1. The third-order valence-corrected chi connectivity index (χ3v) is 3.56. The molecule has 2 aromatic rings. The topological polar surface area (TPSA) is 69.2 Å². The average molecular weight is 322 g/mol. The molecule has 24 heavy (non-hydrogen) atoms. The van der Waals surface area contributed by atoms with Crippen molar-refractivity contribution in [2.45, 2.75) is 0 Å². The number of amidine groups is 1. The van der Waals surface area contributed by atoms with Crippen LogP contribution in [-0.4, -0.2) is 25.1 Å². The van der Waals surface area contributed by atoms with E-state index < -0.39 is 0 Å². The van der Waals surface area contributed by atoms with Gasteiger partial charge in [0.2, 0.25) is 6.79 Å². The summed E-state index contributed by atoms with van der Waals surface area (Å²) in [4.78, 5) is 16.3. The van der Waals surface area contributed by atoms with E-state index in [1.807, 2.05) is 48.5 Å². The average Bonchev–Trinajstić information content (AvgIpc) is 3.20. The minimum atomic E-state index is -0.251. The lowest BCUT2D eigenvalue weighted by Gasteiger charge is -2.04. The number of rotatable bonds is 4. The summed E-state index contributed by atoms with van der Waals surface area (Å²) < 4.78 is 16.2. The van der Waals surface area contributed by atoms with Crippen molar-refractivity contribution in [2.75, 3.05) is 13.4 Å². The number of fused-ring (bicyclic) bond motifs is 1. The van der Waals surface area contributed by atoms with Crippen molar-refractivity contribution in [3.05, 3.63) is 59.8 Å². The second-order valence-electron chi connectivity index (χ2n) is 5.26. The highest BCUT2D eigenvalue weighted by molar-refractivity contribution is 6.14. The molecule has 1 amide bonds. The Morgan fingerprint density at radius 2 is 1.96 bits per heavy atom. The molecule has 120 valence electrons. The van der Waals surface area contributed by atoms with Gasteiger partial charge < -0.3 is 19.5 Å². The summed E-state index contributed by atoms with van der Waals surface area (Å²) in [5, 5.41) is 2.71. The molecule has 4 rings (SSSR count). The highest BCUT2D eigenvalue weighted by Crippen LogP contribution is 2.33. The molecule has 0 spiro atoms. The molecule has 0 saturated heterocycles. The lowest BCUT2D eigenvalue weighted by molar-refractivity contribution is -0.115. The number of carbonyl (C=O) groups is 1. The Morgan fingerprint density at radius 1 is 1.12 bits per heavy atom. The fraction of sp³-hybridized carbons (Fsp3) is 0.111. The first kappa shape index (κ1) is 14.3. The number of ether oxygens (including phenoxy) is 3. The standard InChI is InChI=1S/C18H14N2O4/c21-18-14(8-12-6-7-15-16(9-12)24-11-23-15)19-17(20-18)10-22-13-4-2-1-3-5-13/h1-9H,10-11H2,(H,19,20,21)/b14-8+. The molecule has 2 aliphatic rings. The lowest BCUT2D eigenvalue weighted by Crippen LogP contribution is -2.28. The van der Waals surface area contributed by atoms with Gasteiger partial charge in [0.15, 0.2) is 11.5 Å². The SMILES string of the molecule is O=C1NC(COc2ccccc2)=N/C1=C/c1ccc2c(c1)OCO2. The smallest absolute Gasteiger partial charge is 0.275 e. The van der Waals surface area contributed by atoms with Gasteiger partial charge in [-0.3, -0.25) is 4.79 Å². The Hall–Kier alpha value is -3.28. The number of amides is 1. The first-order valence-corrected chi connectivity index (χ1v) is 7.46. The Labute approximate surface area is 138 Å². The van der Waals surface area contributed by atoms with Gasteiger partial charge in [-0.15, -0.1) is 0 Å². The summed E-state index contributed by atoms with van der Waals surface area (Å²) in [6.07, 6.45) is 1.70. The number of para-hydroxylation sites is 1. The zero-order chi connectivity index (χ0) is 16.4. The highest BCUT2D eigenvalue weighted by atomic mass is 16.7. The van der Waals surface area contributed by atoms with Gasteiger partial charge in [-0.1, -0.05) is 24.3 Å². The van der Waals surface area contributed by atoms with Gasteiger partial charge in [-0.25, -0.2) is 4.99 Å². The van der Waals surface area contributed by atoms with Gasteiger partial charge in [0.05, 0.1) is 0 Å². The number of hydrogen-bond acceptors (Lipinski definition) is 5. The molecule has 2 aliphatic heterocycles. The van der Waals surface area contributed by atoms with E-state index in [1.54, 1.807) is 6.08 Å². The van der Waals surface area contributed by atoms with Crippen LogP contribution in [0.2, 0.25) is 0 Å². The number of benzene rings is 2. The van der Waals surface area contributed by atoms with E-state index in [0.29, 0.717) is 23.0 Å². The monoisotopic (exact) mass is 322 g/mol. The summed E-state index contributed by atoms with van der Waals surface area (Å²) in [5.41, 5.74) is 1.15. The first-order chi connectivity index (χ1) is 11.8. The molecule has 0 aromatic heterocycles. The fourth-order valence-corrected chi connectivity index (χ4v) is 2.41. The maximum Gasteiger partial charge on any atom is 0.275 e. The molecule has 0 radical (unpaired) electrons. The zero-order valence-electron chi connectivity index (χ0n) is 12.7. The van der Waals surface area contributed by atoms with Crippen molar-refractivity contribution >= 4 is 17.8 Å². The first-order valence-electron chi connectivity index (χ1n) is 7.46. The van der Waals surface area contributed by atoms with Crippen LogP contribution in [0.15, 0.2) is 59.2 Å². The molecule has 0 bridgehead atoms. The summed E-state index contributed by atoms with van der Waals surface area (Å²) in [7, 11) is 0. The van der Waals surface area contributed by atoms with Crippen molar-refractivity contribution in [3.63, 3.8) is 0 Å². The minimum Gasteiger partial charge on any atom is -0.486 e. The van der Waals surface area contributed by atoms with E-state index in [2.05, 4.69) is 10.3 Å². The van der Waals surface area contributed by atoms with Crippen LogP contribution in [0.4, 0.5) is 0 Å². The largest absolute Gasteiger partial charge is 0.486 e. The van der Waals surface area contributed by atoms with Crippen molar-refractivity contribution in [2.24, 2.45) is 4.99 Å². The van der Waals surface area contributed by atoms with E-state index >= 15 is 0 Å². The van der Waals surface area contributed by atoms with Crippen molar-refractivity contribution in [3.8, 4) is 17.2 Å². The molecular weight excluding hydrogens is 308 g/mol. The molecule has 0 fully saturated rings. The van der Waals surface area contributed by atoms with E-state index in [4.69, 9.17) is 14.2 Å². The second kappa shape index (κ2) is 6.08. The predicted octanol–water partition coefficient (Wildman–Crippen LogP) is 2.36. The number of hydrogen-bond donors (Lipinski definition) is 1. The quantitative estimate of drug-likeness (QED) is 0.878. The van der Waals surface area contributed by atoms with Crippen LogP contribution >= 0.6 is 0 Å². The molecule has 0 unspecified atom stereocenters. The molecular formula is C18H14N2O4. The van der Waals surface area contributed by atoms with Crippen LogP contribution < -0.4 is 19.5 Å². The molecule has 2 aromatic carbocycles. The summed E-state index contributed by atoms with van der Waals surface area (Å²) in [5.74, 6) is 2.32. The van der Waals surface area contributed by atoms with Crippen LogP contribution in [0.5, 0.6) is 17.2 Å². The minimum absolute atomic E-state index is 0.203. The summed E-state index contributed by atoms with van der Waals surface area (Å²) in [6, 6.07) is 14.9. The van der Waals surface area contributed by atoms with Gasteiger partial charge in [0.1, 0.15) is 23.9 Å². The maximum absolute atomic E-state index is 12.0. The predicted molar refractivity (Wildman–Crippen MR) is 88.1 cm³/mol. The van der Waals surface area contributed by atoms with Gasteiger partial charge in [0, 0.05) is 0 Å². The maximum atomic E-state index is 12.0. The Balaban J connectivity index is 1.49. The molecule has 2 heterocycles. The normalized spacial score (nSPS) is 16.9. The zero-order valence-corrected chi connectivity index (χ0v) is 12.7.